The number of nitrogens with zero attached hydrogens (tertiary/aromatic N) is 2. The molecule has 27 heavy (non-hydrogen) atoms. The van der Waals surface area contributed by atoms with Crippen molar-refractivity contribution in [2.45, 2.75) is 33.4 Å². The molecule has 0 radical (unpaired) electrons. The highest BCUT2D eigenvalue weighted by Gasteiger charge is 2.11. The maximum Gasteiger partial charge on any atom is 0.279 e. The molecular weight excluding hydrogens is 360 g/mol. The van der Waals surface area contributed by atoms with Gasteiger partial charge in [0.15, 0.2) is 4.80 Å². The standard InChI is InChI=1S/C21H24N2O3S/c1-14(2)26-17-10-8-16(9-11-17)20(24)22-21-23(12-13-25-4)19-15(3)6-5-7-18(19)27-21/h5-11,14H,12-13H2,1-4H3. The molecule has 5 nitrogen and oxygen atoms in total. The van der Waals surface area contributed by atoms with Gasteiger partial charge >= 0.3 is 0 Å². The molecule has 142 valence electrons. The number of fused-ring (bicyclic) bond motifs is 1. The Morgan fingerprint density at radius 3 is 2.59 bits per heavy atom. The normalized spacial score (nSPS) is 12.1. The first-order valence-corrected chi connectivity index (χ1v) is 9.75. The van der Waals surface area contributed by atoms with Crippen molar-refractivity contribution in [3.8, 4) is 5.75 Å². The Morgan fingerprint density at radius 2 is 1.93 bits per heavy atom. The summed E-state index contributed by atoms with van der Waals surface area (Å²) >= 11 is 1.52. The van der Waals surface area contributed by atoms with Crippen molar-refractivity contribution in [2.75, 3.05) is 13.7 Å². The number of amides is 1. The molecule has 0 aliphatic heterocycles. The van der Waals surface area contributed by atoms with Gasteiger partial charge in [0, 0.05) is 19.2 Å². The summed E-state index contributed by atoms with van der Waals surface area (Å²) in [5, 5.41) is 0. The van der Waals surface area contributed by atoms with Gasteiger partial charge in [0.05, 0.1) is 22.9 Å². The van der Waals surface area contributed by atoms with E-state index >= 15 is 0 Å². The largest absolute Gasteiger partial charge is 0.491 e. The second kappa shape index (κ2) is 8.50. The van der Waals surface area contributed by atoms with Gasteiger partial charge in [-0.15, -0.1) is 0 Å². The number of aryl methyl sites for hydroxylation is 1. The molecule has 0 atom stereocenters. The second-order valence-corrected chi connectivity index (χ2v) is 7.57. The van der Waals surface area contributed by atoms with Gasteiger partial charge in [-0.25, -0.2) is 0 Å². The first-order chi connectivity index (χ1) is 13.0. The van der Waals surface area contributed by atoms with Crippen LogP contribution in [-0.4, -0.2) is 30.3 Å². The van der Waals surface area contributed by atoms with Gasteiger partial charge in [-0.05, 0) is 56.7 Å². The average molecular weight is 385 g/mol. The molecule has 1 aromatic heterocycles. The number of rotatable bonds is 6. The van der Waals surface area contributed by atoms with E-state index in [0.29, 0.717) is 23.5 Å². The topological polar surface area (TPSA) is 52.8 Å². The first kappa shape index (κ1) is 19.3. The number of carbonyl (C=O) groups is 1. The number of thiazole rings is 1. The molecule has 6 heteroatoms. The first-order valence-electron chi connectivity index (χ1n) is 8.93. The molecule has 0 saturated carbocycles. The van der Waals surface area contributed by atoms with Crippen molar-refractivity contribution in [3.63, 3.8) is 0 Å². The molecule has 1 amide bonds. The van der Waals surface area contributed by atoms with E-state index in [1.165, 1.54) is 11.3 Å². The van der Waals surface area contributed by atoms with E-state index in [9.17, 15) is 4.79 Å². The molecular formula is C21H24N2O3S. The van der Waals surface area contributed by atoms with Gasteiger partial charge in [0.2, 0.25) is 0 Å². The Hall–Kier alpha value is -2.44. The van der Waals surface area contributed by atoms with E-state index in [2.05, 4.69) is 28.6 Å². The highest BCUT2D eigenvalue weighted by Crippen LogP contribution is 2.21. The fraction of sp³-hybridized carbons (Fsp3) is 0.333. The number of methoxy groups -OCH3 is 1. The van der Waals surface area contributed by atoms with Crippen LogP contribution in [0.4, 0.5) is 0 Å². The van der Waals surface area contributed by atoms with Crippen LogP contribution in [0.2, 0.25) is 0 Å². The van der Waals surface area contributed by atoms with Gasteiger partial charge in [0.25, 0.3) is 5.91 Å². The van der Waals surface area contributed by atoms with Crippen LogP contribution in [0.1, 0.15) is 29.8 Å². The lowest BCUT2D eigenvalue weighted by Gasteiger charge is -2.09. The van der Waals surface area contributed by atoms with Crippen LogP contribution < -0.4 is 9.54 Å². The van der Waals surface area contributed by atoms with Crippen molar-refractivity contribution >= 4 is 27.5 Å². The number of benzene rings is 2. The fourth-order valence-corrected chi connectivity index (χ4v) is 4.01. The zero-order valence-electron chi connectivity index (χ0n) is 16.1. The van der Waals surface area contributed by atoms with Crippen LogP contribution in [0, 0.1) is 6.92 Å². The minimum absolute atomic E-state index is 0.0952. The second-order valence-electron chi connectivity index (χ2n) is 6.56. The Morgan fingerprint density at radius 1 is 1.19 bits per heavy atom. The fourth-order valence-electron chi connectivity index (χ4n) is 2.88. The summed E-state index contributed by atoms with van der Waals surface area (Å²) in [7, 11) is 1.67. The third-order valence-corrected chi connectivity index (χ3v) is 5.14. The Balaban J connectivity index is 1.99. The summed E-state index contributed by atoms with van der Waals surface area (Å²) in [5.74, 6) is 0.482. The van der Waals surface area contributed by atoms with E-state index in [-0.39, 0.29) is 12.0 Å². The van der Waals surface area contributed by atoms with Gasteiger partial charge in [0.1, 0.15) is 5.75 Å². The van der Waals surface area contributed by atoms with E-state index in [0.717, 1.165) is 21.5 Å². The summed E-state index contributed by atoms with van der Waals surface area (Å²) in [6.07, 6.45) is 0.0952. The number of ether oxygens (including phenoxy) is 2. The van der Waals surface area contributed by atoms with Gasteiger partial charge in [-0.1, -0.05) is 23.5 Å². The van der Waals surface area contributed by atoms with Crippen LogP contribution in [-0.2, 0) is 11.3 Å². The molecule has 3 rings (SSSR count). The Labute approximate surface area is 162 Å². The van der Waals surface area contributed by atoms with Crippen LogP contribution in [0.5, 0.6) is 5.75 Å². The summed E-state index contributed by atoms with van der Waals surface area (Å²) in [6, 6.07) is 13.2. The molecule has 0 aliphatic carbocycles. The van der Waals surface area contributed by atoms with Gasteiger partial charge in [-0.3, -0.25) is 4.79 Å². The van der Waals surface area contributed by atoms with Crippen LogP contribution in [0.15, 0.2) is 47.5 Å². The lowest BCUT2D eigenvalue weighted by Crippen LogP contribution is -2.19. The molecule has 0 spiro atoms. The third kappa shape index (κ3) is 4.46. The van der Waals surface area contributed by atoms with Crippen molar-refractivity contribution in [1.82, 2.24) is 4.57 Å². The van der Waals surface area contributed by atoms with Gasteiger partial charge in [-0.2, -0.15) is 4.99 Å². The van der Waals surface area contributed by atoms with Crippen LogP contribution in [0.3, 0.4) is 0 Å². The van der Waals surface area contributed by atoms with E-state index in [1.807, 2.05) is 19.9 Å². The number of hydrogen-bond donors (Lipinski definition) is 0. The molecule has 0 fully saturated rings. The predicted molar refractivity (Wildman–Crippen MR) is 109 cm³/mol. The number of para-hydroxylation sites is 1. The number of aromatic nitrogens is 1. The highest BCUT2D eigenvalue weighted by molar-refractivity contribution is 7.16. The van der Waals surface area contributed by atoms with Crippen LogP contribution in [0.25, 0.3) is 10.2 Å². The number of hydrogen-bond acceptors (Lipinski definition) is 4. The zero-order valence-corrected chi connectivity index (χ0v) is 16.9. The SMILES string of the molecule is COCCn1c(=NC(=O)c2ccc(OC(C)C)cc2)sc2cccc(C)c21. The van der Waals surface area contributed by atoms with Crippen molar-refractivity contribution in [1.29, 1.82) is 0 Å². The van der Waals surface area contributed by atoms with Crippen molar-refractivity contribution < 1.29 is 14.3 Å². The molecule has 0 unspecified atom stereocenters. The Kier molecular flexibility index (Phi) is 6.08. The van der Waals surface area contributed by atoms with Crippen molar-refractivity contribution in [3.05, 3.63) is 58.4 Å². The smallest absolute Gasteiger partial charge is 0.279 e. The monoisotopic (exact) mass is 384 g/mol. The third-order valence-electron chi connectivity index (χ3n) is 4.09. The quantitative estimate of drug-likeness (QED) is 0.640. The van der Waals surface area contributed by atoms with Gasteiger partial charge < -0.3 is 14.0 Å². The molecule has 0 saturated heterocycles. The molecule has 1 heterocycles. The summed E-state index contributed by atoms with van der Waals surface area (Å²) < 4.78 is 14.0. The molecule has 0 bridgehead atoms. The van der Waals surface area contributed by atoms with E-state index in [1.54, 1.807) is 31.4 Å². The van der Waals surface area contributed by atoms with E-state index < -0.39 is 0 Å². The molecule has 3 aromatic rings. The average Bonchev–Trinajstić information content (AvgIpc) is 2.98. The lowest BCUT2D eigenvalue weighted by atomic mass is 10.2. The minimum Gasteiger partial charge on any atom is -0.491 e. The maximum atomic E-state index is 12.7. The molecule has 0 aliphatic rings. The van der Waals surface area contributed by atoms with Crippen LogP contribution >= 0.6 is 11.3 Å². The maximum absolute atomic E-state index is 12.7. The number of carbonyl (C=O) groups excluding carboxylic acids is 1. The molecule has 2 aromatic carbocycles. The summed E-state index contributed by atoms with van der Waals surface area (Å²) in [4.78, 5) is 17.8. The lowest BCUT2D eigenvalue weighted by molar-refractivity contribution is 0.0997. The van der Waals surface area contributed by atoms with Crippen molar-refractivity contribution in [2.24, 2.45) is 4.99 Å². The highest BCUT2D eigenvalue weighted by atomic mass is 32.1. The molecule has 0 N–H and O–H groups in total. The Bertz CT molecular complexity index is 1000. The van der Waals surface area contributed by atoms with E-state index in [4.69, 9.17) is 9.47 Å². The zero-order chi connectivity index (χ0) is 19.4. The summed E-state index contributed by atoms with van der Waals surface area (Å²) in [5.41, 5.74) is 2.80. The minimum atomic E-state index is -0.263. The summed E-state index contributed by atoms with van der Waals surface area (Å²) in [6.45, 7) is 7.21. The predicted octanol–water partition coefficient (Wildman–Crippen LogP) is 4.19.